The maximum Gasteiger partial charge on any atom is 0.338 e. The lowest BCUT2D eigenvalue weighted by atomic mass is 10.2. The van der Waals surface area contributed by atoms with Gasteiger partial charge in [-0.3, -0.25) is 9.89 Å². The molecule has 1 aromatic carbocycles. The quantitative estimate of drug-likeness (QED) is 0.799. The molecule has 0 saturated carbocycles. The van der Waals surface area contributed by atoms with Crippen molar-refractivity contribution in [2.24, 2.45) is 0 Å². The Hall–Kier alpha value is -2.77. The SMILES string of the molecule is CC(C)c1nc(C(=O)Nc2ccc(C(=O)O)c(F)c2)n[nH]1. The molecule has 0 aliphatic rings. The number of nitrogens with zero attached hydrogens (tertiary/aromatic N) is 2. The fraction of sp³-hybridized carbons (Fsp3) is 0.231. The fourth-order valence-electron chi connectivity index (χ4n) is 1.59. The Bertz CT molecular complexity index is 696. The molecular formula is C13H13FN4O3. The minimum Gasteiger partial charge on any atom is -0.478 e. The van der Waals surface area contributed by atoms with Crippen LogP contribution in [0.5, 0.6) is 0 Å². The van der Waals surface area contributed by atoms with E-state index in [0.717, 1.165) is 12.1 Å². The van der Waals surface area contributed by atoms with Gasteiger partial charge in [-0.1, -0.05) is 13.8 Å². The molecule has 0 unspecified atom stereocenters. The van der Waals surface area contributed by atoms with Crippen LogP contribution in [0.25, 0.3) is 0 Å². The minimum absolute atomic E-state index is 0.0681. The number of aromatic amines is 1. The van der Waals surface area contributed by atoms with Crippen LogP contribution in [-0.2, 0) is 0 Å². The van der Waals surface area contributed by atoms with Crippen molar-refractivity contribution in [1.29, 1.82) is 0 Å². The third kappa shape index (κ3) is 3.22. The highest BCUT2D eigenvalue weighted by Crippen LogP contribution is 2.15. The topological polar surface area (TPSA) is 108 Å². The Kier molecular flexibility index (Phi) is 3.97. The lowest BCUT2D eigenvalue weighted by molar-refractivity contribution is 0.0692. The number of carbonyl (C=O) groups is 2. The summed E-state index contributed by atoms with van der Waals surface area (Å²) in [6, 6.07) is 3.29. The predicted molar refractivity (Wildman–Crippen MR) is 71.8 cm³/mol. The highest BCUT2D eigenvalue weighted by atomic mass is 19.1. The molecule has 1 aromatic heterocycles. The van der Waals surface area contributed by atoms with Gasteiger partial charge < -0.3 is 10.4 Å². The molecule has 2 rings (SSSR count). The molecule has 0 fully saturated rings. The van der Waals surface area contributed by atoms with Gasteiger partial charge in [0.2, 0.25) is 5.82 Å². The molecule has 0 atom stereocenters. The Labute approximate surface area is 119 Å². The maximum absolute atomic E-state index is 13.5. The normalized spacial score (nSPS) is 10.7. The summed E-state index contributed by atoms with van der Waals surface area (Å²) in [7, 11) is 0. The lowest BCUT2D eigenvalue weighted by Crippen LogP contribution is -2.14. The molecule has 1 amide bonds. The third-order valence-electron chi connectivity index (χ3n) is 2.71. The first-order valence-corrected chi connectivity index (χ1v) is 6.15. The van der Waals surface area contributed by atoms with Gasteiger partial charge in [0.25, 0.3) is 5.91 Å². The second kappa shape index (κ2) is 5.70. The number of anilines is 1. The summed E-state index contributed by atoms with van der Waals surface area (Å²) in [5.74, 6) is -2.33. The first-order chi connectivity index (χ1) is 9.88. The number of rotatable bonds is 4. The van der Waals surface area contributed by atoms with Gasteiger partial charge in [0.1, 0.15) is 11.6 Å². The molecule has 8 heteroatoms. The van der Waals surface area contributed by atoms with Gasteiger partial charge in [-0.2, -0.15) is 0 Å². The van der Waals surface area contributed by atoms with E-state index in [1.807, 2.05) is 13.8 Å². The average molecular weight is 292 g/mol. The van der Waals surface area contributed by atoms with Crippen molar-refractivity contribution in [3.63, 3.8) is 0 Å². The largest absolute Gasteiger partial charge is 0.478 e. The number of amides is 1. The van der Waals surface area contributed by atoms with Gasteiger partial charge >= 0.3 is 5.97 Å². The van der Waals surface area contributed by atoms with Crippen LogP contribution in [0.2, 0.25) is 0 Å². The predicted octanol–water partition coefficient (Wildman–Crippen LogP) is 2.02. The molecule has 2 aromatic rings. The van der Waals surface area contributed by atoms with Crippen LogP contribution >= 0.6 is 0 Å². The van der Waals surface area contributed by atoms with E-state index in [2.05, 4.69) is 20.5 Å². The zero-order valence-electron chi connectivity index (χ0n) is 11.3. The molecule has 110 valence electrons. The van der Waals surface area contributed by atoms with Crippen LogP contribution in [0.3, 0.4) is 0 Å². The Balaban J connectivity index is 2.15. The number of aromatic carboxylic acids is 1. The number of nitrogens with one attached hydrogen (secondary N) is 2. The van der Waals surface area contributed by atoms with Crippen LogP contribution in [0, 0.1) is 5.82 Å². The van der Waals surface area contributed by atoms with Crippen LogP contribution < -0.4 is 5.32 Å². The summed E-state index contributed by atoms with van der Waals surface area (Å²) in [5.41, 5.74) is -0.341. The minimum atomic E-state index is -1.37. The van der Waals surface area contributed by atoms with Crippen LogP contribution in [-0.4, -0.2) is 32.2 Å². The number of carbonyl (C=O) groups excluding carboxylic acids is 1. The molecule has 0 saturated heterocycles. The van der Waals surface area contributed by atoms with Crippen molar-refractivity contribution in [2.45, 2.75) is 19.8 Å². The van der Waals surface area contributed by atoms with Crippen molar-refractivity contribution in [3.8, 4) is 0 Å². The number of aromatic nitrogens is 3. The zero-order valence-corrected chi connectivity index (χ0v) is 11.3. The van der Waals surface area contributed by atoms with E-state index >= 15 is 0 Å². The first-order valence-electron chi connectivity index (χ1n) is 6.15. The smallest absolute Gasteiger partial charge is 0.338 e. The molecule has 0 aliphatic carbocycles. The number of hydrogen-bond acceptors (Lipinski definition) is 4. The van der Waals surface area contributed by atoms with Crippen molar-refractivity contribution >= 4 is 17.6 Å². The van der Waals surface area contributed by atoms with Crippen LogP contribution in [0.4, 0.5) is 10.1 Å². The van der Waals surface area contributed by atoms with Crippen molar-refractivity contribution in [2.75, 3.05) is 5.32 Å². The van der Waals surface area contributed by atoms with E-state index in [4.69, 9.17) is 5.11 Å². The van der Waals surface area contributed by atoms with E-state index < -0.39 is 23.3 Å². The Morgan fingerprint density at radius 1 is 1.38 bits per heavy atom. The third-order valence-corrected chi connectivity index (χ3v) is 2.71. The maximum atomic E-state index is 13.5. The number of hydrogen-bond donors (Lipinski definition) is 3. The van der Waals surface area contributed by atoms with E-state index in [1.54, 1.807) is 0 Å². The van der Waals surface area contributed by atoms with E-state index in [-0.39, 0.29) is 17.4 Å². The van der Waals surface area contributed by atoms with Gasteiger partial charge in [-0.25, -0.2) is 14.2 Å². The molecule has 0 aliphatic heterocycles. The molecule has 7 nitrogen and oxygen atoms in total. The van der Waals surface area contributed by atoms with E-state index in [0.29, 0.717) is 5.82 Å². The van der Waals surface area contributed by atoms with E-state index in [1.165, 1.54) is 6.07 Å². The molecule has 21 heavy (non-hydrogen) atoms. The summed E-state index contributed by atoms with van der Waals surface area (Å²) in [4.78, 5) is 26.6. The van der Waals surface area contributed by atoms with Crippen LogP contribution in [0.1, 0.15) is 46.6 Å². The second-order valence-corrected chi connectivity index (χ2v) is 4.65. The van der Waals surface area contributed by atoms with E-state index in [9.17, 15) is 14.0 Å². The summed E-state index contributed by atoms with van der Waals surface area (Å²) in [5, 5.41) is 17.5. The fourth-order valence-corrected chi connectivity index (χ4v) is 1.59. The Morgan fingerprint density at radius 3 is 2.62 bits per heavy atom. The molecule has 1 heterocycles. The molecule has 3 N–H and O–H groups in total. The number of benzene rings is 1. The molecule has 0 bridgehead atoms. The van der Waals surface area contributed by atoms with Gasteiger partial charge in [0.15, 0.2) is 0 Å². The monoisotopic (exact) mass is 292 g/mol. The second-order valence-electron chi connectivity index (χ2n) is 4.65. The summed E-state index contributed by atoms with van der Waals surface area (Å²) in [6.07, 6.45) is 0. The number of halogens is 1. The average Bonchev–Trinajstić information content (AvgIpc) is 2.88. The number of carboxylic acids is 1. The van der Waals surface area contributed by atoms with Gasteiger partial charge in [-0.05, 0) is 18.2 Å². The first kappa shape index (κ1) is 14.6. The molecule has 0 radical (unpaired) electrons. The number of carboxylic acid groups (broad SMARTS) is 1. The summed E-state index contributed by atoms with van der Waals surface area (Å²) < 4.78 is 13.5. The Morgan fingerprint density at radius 2 is 2.10 bits per heavy atom. The zero-order chi connectivity index (χ0) is 15.6. The van der Waals surface area contributed by atoms with Gasteiger partial charge in [0.05, 0.1) is 5.56 Å². The summed E-state index contributed by atoms with van der Waals surface area (Å²) in [6.45, 7) is 3.78. The van der Waals surface area contributed by atoms with Crippen LogP contribution in [0.15, 0.2) is 18.2 Å². The standard InChI is InChI=1S/C13H13FN4O3/c1-6(2)10-16-11(18-17-10)12(19)15-7-3-4-8(13(20)21)9(14)5-7/h3-6H,1-2H3,(H,15,19)(H,20,21)(H,16,17,18). The molecular weight excluding hydrogens is 279 g/mol. The highest BCUT2D eigenvalue weighted by molar-refractivity contribution is 6.01. The van der Waals surface area contributed by atoms with Crippen molar-refractivity contribution in [1.82, 2.24) is 15.2 Å². The van der Waals surface area contributed by atoms with Crippen molar-refractivity contribution < 1.29 is 19.1 Å². The van der Waals surface area contributed by atoms with Gasteiger partial charge in [-0.15, -0.1) is 5.10 Å². The lowest BCUT2D eigenvalue weighted by Gasteiger charge is -2.04. The highest BCUT2D eigenvalue weighted by Gasteiger charge is 2.16. The van der Waals surface area contributed by atoms with Crippen molar-refractivity contribution in [3.05, 3.63) is 41.2 Å². The van der Waals surface area contributed by atoms with Gasteiger partial charge in [0, 0.05) is 11.6 Å². The number of H-pyrrole nitrogens is 1. The molecule has 0 spiro atoms. The summed E-state index contributed by atoms with van der Waals surface area (Å²) >= 11 is 0.